The first-order chi connectivity index (χ1) is 9.34. The van der Waals surface area contributed by atoms with Gasteiger partial charge in [-0.1, -0.05) is 54.6 Å². The minimum atomic E-state index is 0.0254. The lowest BCUT2D eigenvalue weighted by molar-refractivity contribution is 0.0553. The van der Waals surface area contributed by atoms with Crippen LogP contribution in [0.5, 0.6) is 0 Å². The van der Waals surface area contributed by atoms with Gasteiger partial charge in [-0.05, 0) is 30.0 Å². The number of fused-ring (bicyclic) bond motifs is 1. The molecule has 1 heterocycles. The molecule has 0 bridgehead atoms. The zero-order valence-corrected chi connectivity index (χ0v) is 11.2. The van der Waals surface area contributed by atoms with Crippen LogP contribution in [0.1, 0.15) is 29.7 Å². The van der Waals surface area contributed by atoms with Gasteiger partial charge >= 0.3 is 0 Å². The van der Waals surface area contributed by atoms with Crippen molar-refractivity contribution in [3.05, 3.63) is 71.3 Å². The second-order valence-electron chi connectivity index (χ2n) is 5.11. The molecule has 3 rings (SSSR count). The lowest BCUT2D eigenvalue weighted by Gasteiger charge is -2.27. The second-order valence-corrected chi connectivity index (χ2v) is 5.11. The highest BCUT2D eigenvalue weighted by atomic mass is 16.5. The summed E-state index contributed by atoms with van der Waals surface area (Å²) in [7, 11) is 0. The van der Waals surface area contributed by atoms with E-state index in [-0.39, 0.29) is 6.10 Å². The first-order valence-corrected chi connectivity index (χ1v) is 6.82. The average Bonchev–Trinajstić information content (AvgIpc) is 2.43. The standard InChI is InChI=1S/C17H19NO/c1-13-11-15-9-5-6-10-16(15)17(19-12-18-13)14-7-3-2-4-8-14/h2-10,13,17-18H,11-12H2,1H3. The molecule has 98 valence electrons. The Labute approximate surface area is 114 Å². The molecule has 1 aliphatic rings. The maximum Gasteiger partial charge on any atom is 0.110 e. The van der Waals surface area contributed by atoms with E-state index in [9.17, 15) is 0 Å². The first-order valence-electron chi connectivity index (χ1n) is 6.82. The molecule has 0 aromatic heterocycles. The van der Waals surface area contributed by atoms with Gasteiger partial charge < -0.3 is 4.74 Å². The van der Waals surface area contributed by atoms with Crippen LogP contribution in [0, 0.1) is 0 Å². The topological polar surface area (TPSA) is 21.3 Å². The maximum atomic E-state index is 6.05. The number of hydrogen-bond donors (Lipinski definition) is 1. The Bertz CT molecular complexity index is 538. The van der Waals surface area contributed by atoms with Gasteiger partial charge in [0, 0.05) is 6.04 Å². The molecule has 19 heavy (non-hydrogen) atoms. The van der Waals surface area contributed by atoms with Crippen molar-refractivity contribution in [1.29, 1.82) is 0 Å². The number of hydrogen-bond acceptors (Lipinski definition) is 2. The Balaban J connectivity index is 2.03. The van der Waals surface area contributed by atoms with Crippen LogP contribution < -0.4 is 5.32 Å². The Morgan fingerprint density at radius 2 is 1.74 bits per heavy atom. The number of benzene rings is 2. The monoisotopic (exact) mass is 253 g/mol. The summed E-state index contributed by atoms with van der Waals surface area (Å²) in [4.78, 5) is 0. The van der Waals surface area contributed by atoms with Crippen molar-refractivity contribution >= 4 is 0 Å². The van der Waals surface area contributed by atoms with Gasteiger partial charge in [-0.15, -0.1) is 0 Å². The van der Waals surface area contributed by atoms with Crippen LogP contribution in [0.15, 0.2) is 54.6 Å². The third-order valence-corrected chi connectivity index (χ3v) is 3.65. The zero-order chi connectivity index (χ0) is 13.1. The van der Waals surface area contributed by atoms with Crippen LogP contribution in [-0.2, 0) is 11.2 Å². The fourth-order valence-corrected chi connectivity index (χ4v) is 2.65. The van der Waals surface area contributed by atoms with Crippen molar-refractivity contribution in [1.82, 2.24) is 5.32 Å². The summed E-state index contributed by atoms with van der Waals surface area (Å²) in [6.45, 7) is 2.79. The summed E-state index contributed by atoms with van der Waals surface area (Å²) in [5, 5.41) is 3.40. The molecule has 0 aliphatic carbocycles. The molecule has 2 atom stereocenters. The van der Waals surface area contributed by atoms with E-state index in [0.717, 1.165) is 6.42 Å². The van der Waals surface area contributed by atoms with Gasteiger partial charge in [0.25, 0.3) is 0 Å². The largest absolute Gasteiger partial charge is 0.354 e. The smallest absolute Gasteiger partial charge is 0.110 e. The molecule has 0 radical (unpaired) electrons. The van der Waals surface area contributed by atoms with Gasteiger partial charge in [0.15, 0.2) is 0 Å². The molecule has 2 aromatic carbocycles. The number of ether oxygens (including phenoxy) is 1. The summed E-state index contributed by atoms with van der Waals surface area (Å²) in [5.74, 6) is 0. The van der Waals surface area contributed by atoms with Crippen molar-refractivity contribution in [2.24, 2.45) is 0 Å². The fraction of sp³-hybridized carbons (Fsp3) is 0.294. The zero-order valence-electron chi connectivity index (χ0n) is 11.2. The molecule has 1 aliphatic heterocycles. The highest BCUT2D eigenvalue weighted by molar-refractivity contribution is 5.37. The van der Waals surface area contributed by atoms with Gasteiger partial charge in [-0.25, -0.2) is 0 Å². The SMILES string of the molecule is CC1Cc2ccccc2C(c2ccccc2)OCN1. The van der Waals surface area contributed by atoms with Crippen molar-refractivity contribution in [2.45, 2.75) is 25.5 Å². The number of nitrogens with one attached hydrogen (secondary N) is 1. The van der Waals surface area contributed by atoms with E-state index in [2.05, 4.69) is 60.8 Å². The molecule has 2 nitrogen and oxygen atoms in total. The summed E-state index contributed by atoms with van der Waals surface area (Å²) in [5.41, 5.74) is 3.88. The van der Waals surface area contributed by atoms with Crippen molar-refractivity contribution in [3.8, 4) is 0 Å². The van der Waals surface area contributed by atoms with Gasteiger partial charge in [-0.3, -0.25) is 5.32 Å². The van der Waals surface area contributed by atoms with Crippen LogP contribution in [-0.4, -0.2) is 12.8 Å². The third-order valence-electron chi connectivity index (χ3n) is 3.65. The van der Waals surface area contributed by atoms with E-state index in [4.69, 9.17) is 4.74 Å². The van der Waals surface area contributed by atoms with Crippen LogP contribution in [0.2, 0.25) is 0 Å². The normalized spacial score (nSPS) is 23.2. The van der Waals surface area contributed by atoms with Crippen LogP contribution in [0.3, 0.4) is 0 Å². The van der Waals surface area contributed by atoms with Crippen LogP contribution in [0.4, 0.5) is 0 Å². The van der Waals surface area contributed by atoms with Crippen molar-refractivity contribution in [3.63, 3.8) is 0 Å². The molecule has 0 fully saturated rings. The quantitative estimate of drug-likeness (QED) is 0.842. The van der Waals surface area contributed by atoms with Gasteiger partial charge in [0.2, 0.25) is 0 Å². The third kappa shape index (κ3) is 2.70. The first kappa shape index (κ1) is 12.4. The highest BCUT2D eigenvalue weighted by Crippen LogP contribution is 2.30. The Morgan fingerprint density at radius 3 is 2.58 bits per heavy atom. The van der Waals surface area contributed by atoms with E-state index in [1.54, 1.807) is 0 Å². The minimum absolute atomic E-state index is 0.0254. The molecule has 0 spiro atoms. The summed E-state index contributed by atoms with van der Waals surface area (Å²) in [6, 6.07) is 19.5. The molecular formula is C17H19NO. The second kappa shape index (κ2) is 5.55. The van der Waals surface area contributed by atoms with Gasteiger partial charge in [-0.2, -0.15) is 0 Å². The van der Waals surface area contributed by atoms with Gasteiger partial charge in [0.1, 0.15) is 6.10 Å². The molecule has 0 saturated heterocycles. The van der Waals surface area contributed by atoms with E-state index in [1.165, 1.54) is 16.7 Å². The van der Waals surface area contributed by atoms with E-state index in [0.29, 0.717) is 12.8 Å². The highest BCUT2D eigenvalue weighted by Gasteiger charge is 2.21. The molecule has 0 amide bonds. The predicted molar refractivity (Wildman–Crippen MR) is 77.0 cm³/mol. The molecule has 2 unspecified atom stereocenters. The Morgan fingerprint density at radius 1 is 1.00 bits per heavy atom. The average molecular weight is 253 g/mol. The van der Waals surface area contributed by atoms with E-state index >= 15 is 0 Å². The summed E-state index contributed by atoms with van der Waals surface area (Å²) in [6.07, 6.45) is 1.07. The molecule has 1 N–H and O–H groups in total. The van der Waals surface area contributed by atoms with Gasteiger partial charge in [0.05, 0.1) is 6.73 Å². The summed E-state index contributed by atoms with van der Waals surface area (Å²) >= 11 is 0. The van der Waals surface area contributed by atoms with E-state index < -0.39 is 0 Å². The molecular weight excluding hydrogens is 234 g/mol. The molecule has 0 saturated carbocycles. The minimum Gasteiger partial charge on any atom is -0.354 e. The Hall–Kier alpha value is -1.64. The van der Waals surface area contributed by atoms with Crippen LogP contribution >= 0.6 is 0 Å². The Kier molecular flexibility index (Phi) is 3.62. The number of rotatable bonds is 1. The lowest BCUT2D eigenvalue weighted by atomic mass is 9.93. The maximum absolute atomic E-state index is 6.05. The van der Waals surface area contributed by atoms with Crippen LogP contribution in [0.25, 0.3) is 0 Å². The molecule has 2 heteroatoms. The molecule has 2 aromatic rings. The summed E-state index contributed by atoms with van der Waals surface area (Å²) < 4.78 is 6.05. The van der Waals surface area contributed by atoms with Crippen molar-refractivity contribution < 1.29 is 4.74 Å². The van der Waals surface area contributed by atoms with Crippen molar-refractivity contribution in [2.75, 3.05) is 6.73 Å². The fourth-order valence-electron chi connectivity index (χ4n) is 2.65. The van der Waals surface area contributed by atoms with E-state index in [1.807, 2.05) is 6.07 Å². The predicted octanol–water partition coefficient (Wildman–Crippen LogP) is 3.28. The lowest BCUT2D eigenvalue weighted by Crippen LogP contribution is -2.33.